The summed E-state index contributed by atoms with van der Waals surface area (Å²) < 4.78 is 51.7. The number of anilines is 1. The van der Waals surface area contributed by atoms with Crippen LogP contribution in [0, 0.1) is 12.7 Å². The molecule has 196 valence electrons. The van der Waals surface area contributed by atoms with Crippen LogP contribution < -0.4 is 9.04 Å². The molecule has 4 aromatic rings. The number of ether oxygens (including phenoxy) is 1. The average molecular weight is 552 g/mol. The molecule has 0 bridgehead atoms. The van der Waals surface area contributed by atoms with Crippen LogP contribution in [0.5, 0.6) is 5.75 Å². The second-order valence-corrected chi connectivity index (χ2v) is 11.6. The summed E-state index contributed by atoms with van der Waals surface area (Å²) in [5.74, 6) is 0.0490. The number of sulfonamides is 1. The van der Waals surface area contributed by atoms with Crippen molar-refractivity contribution in [3.8, 4) is 5.75 Å². The van der Waals surface area contributed by atoms with Crippen LogP contribution >= 0.6 is 11.6 Å². The number of aromatic nitrogens is 2. The van der Waals surface area contributed by atoms with E-state index in [1.807, 2.05) is 31.3 Å². The standard InChI is InChI=1S/C29H27ClFN3O3S/c1-20-6-3-7-24(16-20)38(35,36)34-19-23(12-15-33-14-5-13-32-33)37-28-11-10-22(18-27(28)34)17-21(2)29-25(30)8-4-9-26(29)31/h3-11,13-14,16-18,23H,12,15,19H2,1-2H3/b21-17+/t23-/m0/s1. The highest BCUT2D eigenvalue weighted by Crippen LogP contribution is 2.39. The quantitative estimate of drug-likeness (QED) is 0.243. The Hall–Kier alpha value is -3.62. The number of aryl methyl sites for hydroxylation is 2. The fourth-order valence-corrected chi connectivity index (χ4v) is 6.52. The van der Waals surface area contributed by atoms with Crippen LogP contribution in [0.3, 0.4) is 0 Å². The Bertz CT molecular complexity index is 1580. The largest absolute Gasteiger partial charge is 0.486 e. The maximum Gasteiger partial charge on any atom is 0.264 e. The summed E-state index contributed by atoms with van der Waals surface area (Å²) in [4.78, 5) is 0.214. The van der Waals surface area contributed by atoms with E-state index in [-0.39, 0.29) is 17.5 Å². The number of fused-ring (bicyclic) bond motifs is 1. The number of hydrogen-bond acceptors (Lipinski definition) is 4. The van der Waals surface area contributed by atoms with Crippen molar-refractivity contribution in [2.75, 3.05) is 10.8 Å². The van der Waals surface area contributed by atoms with Crippen molar-refractivity contribution in [2.24, 2.45) is 0 Å². The summed E-state index contributed by atoms with van der Waals surface area (Å²) in [5, 5.41) is 4.54. The molecule has 0 fully saturated rings. The molecule has 0 radical (unpaired) electrons. The van der Waals surface area contributed by atoms with Gasteiger partial charge in [-0.15, -0.1) is 0 Å². The first-order valence-electron chi connectivity index (χ1n) is 12.2. The van der Waals surface area contributed by atoms with Gasteiger partial charge in [0.25, 0.3) is 10.0 Å². The highest BCUT2D eigenvalue weighted by molar-refractivity contribution is 7.92. The maximum atomic E-state index is 14.5. The molecule has 0 amide bonds. The third kappa shape index (κ3) is 5.33. The van der Waals surface area contributed by atoms with Gasteiger partial charge in [0.15, 0.2) is 0 Å². The first-order valence-corrected chi connectivity index (χ1v) is 14.0. The van der Waals surface area contributed by atoms with E-state index in [4.69, 9.17) is 16.3 Å². The van der Waals surface area contributed by atoms with Crippen LogP contribution in [0.25, 0.3) is 11.6 Å². The Morgan fingerprint density at radius 3 is 2.71 bits per heavy atom. The molecular weight excluding hydrogens is 525 g/mol. The molecule has 6 nitrogen and oxygen atoms in total. The van der Waals surface area contributed by atoms with Crippen LogP contribution in [0.1, 0.15) is 30.0 Å². The molecule has 5 rings (SSSR count). The fraction of sp³-hybridized carbons (Fsp3) is 0.207. The zero-order chi connectivity index (χ0) is 26.9. The second-order valence-electron chi connectivity index (χ2n) is 9.30. The van der Waals surface area contributed by atoms with Crippen molar-refractivity contribution in [3.63, 3.8) is 0 Å². The number of rotatable bonds is 7. The normalized spacial score (nSPS) is 15.7. The number of hydrogen-bond donors (Lipinski definition) is 0. The Balaban J connectivity index is 1.54. The molecule has 0 unspecified atom stereocenters. The van der Waals surface area contributed by atoms with Crippen molar-refractivity contribution in [1.29, 1.82) is 0 Å². The predicted molar refractivity (Wildman–Crippen MR) is 148 cm³/mol. The average Bonchev–Trinajstić information content (AvgIpc) is 3.41. The van der Waals surface area contributed by atoms with Gasteiger partial charge in [0.2, 0.25) is 0 Å². The molecule has 3 aromatic carbocycles. The van der Waals surface area contributed by atoms with Gasteiger partial charge in [0.1, 0.15) is 17.7 Å². The summed E-state index contributed by atoms with van der Waals surface area (Å²) in [5.41, 5.74) is 2.91. The molecule has 2 heterocycles. The van der Waals surface area contributed by atoms with Crippen molar-refractivity contribution < 1.29 is 17.5 Å². The van der Waals surface area contributed by atoms with Gasteiger partial charge in [0.05, 0.1) is 22.2 Å². The zero-order valence-electron chi connectivity index (χ0n) is 21.0. The first-order chi connectivity index (χ1) is 18.2. The molecule has 0 saturated heterocycles. The van der Waals surface area contributed by atoms with E-state index in [2.05, 4.69) is 5.10 Å². The monoisotopic (exact) mass is 551 g/mol. The number of halogens is 2. The van der Waals surface area contributed by atoms with E-state index >= 15 is 0 Å². The summed E-state index contributed by atoms with van der Waals surface area (Å²) >= 11 is 6.26. The SMILES string of the molecule is C/C(=C\c1ccc2c(c1)N(S(=O)(=O)c1cccc(C)c1)C[C@H](CCn1cccn1)O2)c1c(F)cccc1Cl. The van der Waals surface area contributed by atoms with Gasteiger partial charge in [-0.1, -0.05) is 41.9 Å². The van der Waals surface area contributed by atoms with E-state index in [1.165, 1.54) is 10.4 Å². The van der Waals surface area contributed by atoms with Crippen LogP contribution in [0.2, 0.25) is 5.02 Å². The highest BCUT2D eigenvalue weighted by Gasteiger charge is 2.34. The van der Waals surface area contributed by atoms with Crippen LogP contribution in [0.15, 0.2) is 84.0 Å². The van der Waals surface area contributed by atoms with Gasteiger partial charge in [-0.05, 0) is 73.0 Å². The van der Waals surface area contributed by atoms with Crippen molar-refractivity contribution >= 4 is 39.0 Å². The third-order valence-corrected chi connectivity index (χ3v) is 8.56. The molecule has 0 saturated carbocycles. The molecule has 9 heteroatoms. The van der Waals surface area contributed by atoms with Crippen LogP contribution in [0.4, 0.5) is 10.1 Å². The van der Waals surface area contributed by atoms with Crippen molar-refractivity contribution in [3.05, 3.63) is 107 Å². The van der Waals surface area contributed by atoms with Gasteiger partial charge in [-0.3, -0.25) is 8.99 Å². The lowest BCUT2D eigenvalue weighted by Gasteiger charge is -2.36. The maximum absolute atomic E-state index is 14.5. The predicted octanol–water partition coefficient (Wildman–Crippen LogP) is 6.59. The molecule has 1 atom stereocenters. The van der Waals surface area contributed by atoms with E-state index in [0.29, 0.717) is 46.1 Å². The molecule has 0 aliphatic carbocycles. The van der Waals surface area contributed by atoms with Gasteiger partial charge in [0, 0.05) is 30.9 Å². The lowest BCUT2D eigenvalue weighted by molar-refractivity contribution is 0.181. The number of benzene rings is 3. The summed E-state index contributed by atoms with van der Waals surface area (Å²) in [6.07, 6.45) is 5.56. The Kier molecular flexibility index (Phi) is 7.27. The lowest BCUT2D eigenvalue weighted by Crippen LogP contribution is -2.44. The van der Waals surface area contributed by atoms with Gasteiger partial charge in [-0.2, -0.15) is 5.10 Å². The summed E-state index contributed by atoms with van der Waals surface area (Å²) in [6, 6.07) is 18.6. The second kappa shape index (κ2) is 10.6. The highest BCUT2D eigenvalue weighted by atomic mass is 35.5. The van der Waals surface area contributed by atoms with Gasteiger partial charge >= 0.3 is 0 Å². The topological polar surface area (TPSA) is 64.4 Å². The molecular formula is C29H27ClFN3O3S. The Labute approximate surface area is 227 Å². The fourth-order valence-electron chi connectivity index (χ4n) is 4.61. The van der Waals surface area contributed by atoms with E-state index in [0.717, 1.165) is 5.56 Å². The number of allylic oxidation sites excluding steroid dienone is 1. The Morgan fingerprint density at radius 1 is 1.16 bits per heavy atom. The number of nitrogens with zero attached hydrogens (tertiary/aromatic N) is 3. The molecule has 0 spiro atoms. The van der Waals surface area contributed by atoms with E-state index in [9.17, 15) is 12.8 Å². The van der Waals surface area contributed by atoms with E-state index in [1.54, 1.807) is 66.3 Å². The lowest BCUT2D eigenvalue weighted by atomic mass is 10.0. The van der Waals surface area contributed by atoms with Gasteiger partial charge < -0.3 is 4.74 Å². The van der Waals surface area contributed by atoms with Gasteiger partial charge in [-0.25, -0.2) is 12.8 Å². The smallest absolute Gasteiger partial charge is 0.264 e. The summed E-state index contributed by atoms with van der Waals surface area (Å²) in [6.45, 7) is 4.37. The minimum absolute atomic E-state index is 0.149. The third-order valence-electron chi connectivity index (χ3n) is 6.47. The van der Waals surface area contributed by atoms with Crippen molar-refractivity contribution in [1.82, 2.24) is 9.78 Å². The van der Waals surface area contributed by atoms with Crippen LogP contribution in [-0.2, 0) is 16.6 Å². The Morgan fingerprint density at radius 2 is 1.97 bits per heavy atom. The minimum atomic E-state index is -3.88. The molecule has 38 heavy (non-hydrogen) atoms. The van der Waals surface area contributed by atoms with E-state index < -0.39 is 15.8 Å². The molecule has 1 aliphatic rings. The zero-order valence-corrected chi connectivity index (χ0v) is 22.6. The minimum Gasteiger partial charge on any atom is -0.486 e. The first kappa shape index (κ1) is 26.0. The summed E-state index contributed by atoms with van der Waals surface area (Å²) in [7, 11) is -3.88. The molecule has 0 N–H and O–H groups in total. The molecule has 1 aliphatic heterocycles. The van der Waals surface area contributed by atoms with Crippen LogP contribution in [-0.4, -0.2) is 30.8 Å². The van der Waals surface area contributed by atoms with Crippen molar-refractivity contribution in [2.45, 2.75) is 37.8 Å². The molecule has 1 aromatic heterocycles.